The summed E-state index contributed by atoms with van der Waals surface area (Å²) in [5.74, 6) is 0. The molecule has 0 saturated heterocycles. The average Bonchev–Trinajstić information content (AvgIpc) is 2.99. The van der Waals surface area contributed by atoms with Crippen LogP contribution in [0, 0.1) is 10.1 Å². The van der Waals surface area contributed by atoms with Crippen molar-refractivity contribution in [3.63, 3.8) is 0 Å². The summed E-state index contributed by atoms with van der Waals surface area (Å²) in [4.78, 5) is 14.6. The molecule has 0 N–H and O–H groups in total. The molecule has 2 heterocycles. The Balaban J connectivity index is 1.92. The Labute approximate surface area is 124 Å². The molecule has 106 valence electrons. The molecule has 0 aliphatic rings. The third-order valence-electron chi connectivity index (χ3n) is 3.50. The second kappa shape index (κ2) is 4.59. The SMILES string of the molecule is O=[N+]([O-])c1ccc(-n2nnc3c4cccnc4ccc32)cc1. The van der Waals surface area contributed by atoms with Gasteiger partial charge in [-0.3, -0.25) is 15.1 Å². The Morgan fingerprint density at radius 1 is 1.05 bits per heavy atom. The van der Waals surface area contributed by atoms with E-state index in [0.717, 1.165) is 27.6 Å². The van der Waals surface area contributed by atoms with E-state index in [1.54, 1.807) is 23.0 Å². The molecule has 0 aliphatic heterocycles. The van der Waals surface area contributed by atoms with Crippen molar-refractivity contribution in [2.45, 2.75) is 0 Å². The minimum atomic E-state index is -0.428. The highest BCUT2D eigenvalue weighted by molar-refractivity contribution is 6.02. The zero-order chi connectivity index (χ0) is 15.1. The van der Waals surface area contributed by atoms with Gasteiger partial charge in [0.2, 0.25) is 0 Å². The molecule has 0 amide bonds. The number of nitro benzene ring substituents is 1. The lowest BCUT2D eigenvalue weighted by molar-refractivity contribution is -0.384. The number of benzene rings is 2. The van der Waals surface area contributed by atoms with Crippen LogP contribution in [-0.4, -0.2) is 24.9 Å². The largest absolute Gasteiger partial charge is 0.269 e. The van der Waals surface area contributed by atoms with E-state index in [1.807, 2.05) is 24.3 Å². The first-order chi connectivity index (χ1) is 10.7. The van der Waals surface area contributed by atoms with Gasteiger partial charge in [0, 0.05) is 23.7 Å². The van der Waals surface area contributed by atoms with Crippen LogP contribution in [0.3, 0.4) is 0 Å². The van der Waals surface area contributed by atoms with Crippen LogP contribution >= 0.6 is 0 Å². The zero-order valence-electron chi connectivity index (χ0n) is 11.2. The minimum absolute atomic E-state index is 0.0443. The highest BCUT2D eigenvalue weighted by atomic mass is 16.6. The number of nitro groups is 1. The maximum atomic E-state index is 10.7. The Morgan fingerprint density at radius 3 is 2.64 bits per heavy atom. The highest BCUT2D eigenvalue weighted by Crippen LogP contribution is 2.24. The lowest BCUT2D eigenvalue weighted by Crippen LogP contribution is -1.97. The van der Waals surface area contributed by atoms with E-state index >= 15 is 0 Å². The van der Waals surface area contributed by atoms with Gasteiger partial charge in [0.1, 0.15) is 5.52 Å². The number of pyridine rings is 1. The molecule has 7 nitrogen and oxygen atoms in total. The summed E-state index contributed by atoms with van der Waals surface area (Å²) in [5, 5.41) is 20.0. The van der Waals surface area contributed by atoms with Crippen LogP contribution in [0.1, 0.15) is 0 Å². The molecule has 7 heteroatoms. The summed E-state index contributed by atoms with van der Waals surface area (Å²) < 4.78 is 1.66. The van der Waals surface area contributed by atoms with E-state index in [-0.39, 0.29) is 5.69 Å². The number of rotatable bonds is 2. The fraction of sp³-hybridized carbons (Fsp3) is 0. The molecule has 0 fully saturated rings. The third-order valence-corrected chi connectivity index (χ3v) is 3.50. The minimum Gasteiger partial charge on any atom is -0.258 e. The van der Waals surface area contributed by atoms with Gasteiger partial charge < -0.3 is 0 Å². The molecule has 0 bridgehead atoms. The Morgan fingerprint density at radius 2 is 1.86 bits per heavy atom. The maximum absolute atomic E-state index is 10.7. The van der Waals surface area contributed by atoms with E-state index in [2.05, 4.69) is 15.3 Å². The Hall–Kier alpha value is -3.35. The monoisotopic (exact) mass is 291 g/mol. The second-order valence-electron chi connectivity index (χ2n) is 4.78. The molecule has 0 saturated carbocycles. The molecular weight excluding hydrogens is 282 g/mol. The molecule has 4 rings (SSSR count). The van der Waals surface area contributed by atoms with E-state index < -0.39 is 4.92 Å². The maximum Gasteiger partial charge on any atom is 0.269 e. The van der Waals surface area contributed by atoms with Crippen LogP contribution in [0.2, 0.25) is 0 Å². The van der Waals surface area contributed by atoms with Crippen molar-refractivity contribution in [3.05, 3.63) is 64.8 Å². The van der Waals surface area contributed by atoms with Gasteiger partial charge in [-0.2, -0.15) is 0 Å². The third kappa shape index (κ3) is 1.80. The molecule has 22 heavy (non-hydrogen) atoms. The van der Waals surface area contributed by atoms with E-state index in [9.17, 15) is 10.1 Å². The average molecular weight is 291 g/mol. The predicted octanol–water partition coefficient (Wildman–Crippen LogP) is 2.88. The summed E-state index contributed by atoms with van der Waals surface area (Å²) in [6.07, 6.45) is 1.73. The standard InChI is InChI=1S/C15H9N5O2/c21-20(22)11-5-3-10(4-6-11)19-14-8-7-13-12(2-1-9-16-13)15(14)17-18-19/h1-9H. The van der Waals surface area contributed by atoms with Gasteiger partial charge in [-0.25, -0.2) is 4.68 Å². The van der Waals surface area contributed by atoms with Gasteiger partial charge in [0.05, 0.1) is 21.6 Å². The summed E-state index contributed by atoms with van der Waals surface area (Å²) in [6, 6.07) is 13.8. The molecule has 2 aromatic heterocycles. The predicted molar refractivity (Wildman–Crippen MR) is 80.8 cm³/mol. The zero-order valence-corrected chi connectivity index (χ0v) is 11.2. The number of aromatic nitrogens is 4. The van der Waals surface area contributed by atoms with Crippen LogP contribution in [-0.2, 0) is 0 Å². The highest BCUT2D eigenvalue weighted by Gasteiger charge is 2.11. The molecule has 2 aromatic carbocycles. The van der Waals surface area contributed by atoms with Gasteiger partial charge in [-0.05, 0) is 36.4 Å². The Kier molecular flexibility index (Phi) is 2.59. The van der Waals surface area contributed by atoms with E-state index in [1.165, 1.54) is 12.1 Å². The first-order valence-electron chi connectivity index (χ1n) is 6.58. The second-order valence-corrected chi connectivity index (χ2v) is 4.78. The van der Waals surface area contributed by atoms with Crippen molar-refractivity contribution in [2.24, 2.45) is 0 Å². The molecule has 0 unspecified atom stereocenters. The number of fused-ring (bicyclic) bond motifs is 3. The first kappa shape index (κ1) is 12.4. The number of nitrogens with zero attached hydrogens (tertiary/aromatic N) is 5. The number of hydrogen-bond donors (Lipinski definition) is 0. The van der Waals surface area contributed by atoms with Gasteiger partial charge in [0.15, 0.2) is 0 Å². The van der Waals surface area contributed by atoms with Crippen molar-refractivity contribution in [2.75, 3.05) is 0 Å². The van der Waals surface area contributed by atoms with Gasteiger partial charge in [-0.1, -0.05) is 5.21 Å². The van der Waals surface area contributed by atoms with Crippen molar-refractivity contribution in [3.8, 4) is 5.69 Å². The number of non-ortho nitro benzene ring substituents is 1. The normalized spacial score (nSPS) is 11.1. The summed E-state index contributed by atoms with van der Waals surface area (Å²) >= 11 is 0. The van der Waals surface area contributed by atoms with Crippen LogP contribution in [0.25, 0.3) is 27.6 Å². The van der Waals surface area contributed by atoms with E-state index in [4.69, 9.17) is 0 Å². The lowest BCUT2D eigenvalue weighted by atomic mass is 10.2. The quantitative estimate of drug-likeness (QED) is 0.418. The van der Waals surface area contributed by atoms with Crippen LogP contribution < -0.4 is 0 Å². The van der Waals surface area contributed by atoms with Crippen LogP contribution in [0.4, 0.5) is 5.69 Å². The number of hydrogen-bond acceptors (Lipinski definition) is 5. The van der Waals surface area contributed by atoms with Crippen molar-refractivity contribution >= 4 is 27.6 Å². The molecule has 0 radical (unpaired) electrons. The summed E-state index contributed by atoms with van der Waals surface area (Å²) in [5.41, 5.74) is 3.20. The fourth-order valence-electron chi connectivity index (χ4n) is 2.45. The topological polar surface area (TPSA) is 86.7 Å². The molecule has 4 aromatic rings. The van der Waals surface area contributed by atoms with E-state index in [0.29, 0.717) is 0 Å². The lowest BCUT2D eigenvalue weighted by Gasteiger charge is -2.02. The first-order valence-corrected chi connectivity index (χ1v) is 6.58. The molecule has 0 atom stereocenters. The van der Waals surface area contributed by atoms with Crippen LogP contribution in [0.15, 0.2) is 54.7 Å². The molecule has 0 aliphatic carbocycles. The van der Waals surface area contributed by atoms with Gasteiger partial charge in [-0.15, -0.1) is 5.10 Å². The molecule has 0 spiro atoms. The van der Waals surface area contributed by atoms with Crippen LogP contribution in [0.5, 0.6) is 0 Å². The summed E-state index contributed by atoms with van der Waals surface area (Å²) in [6.45, 7) is 0. The smallest absolute Gasteiger partial charge is 0.258 e. The molecular formula is C15H9N5O2. The van der Waals surface area contributed by atoms with Crippen molar-refractivity contribution < 1.29 is 4.92 Å². The van der Waals surface area contributed by atoms with Gasteiger partial charge >= 0.3 is 0 Å². The Bertz CT molecular complexity index is 1010. The van der Waals surface area contributed by atoms with Gasteiger partial charge in [0.25, 0.3) is 5.69 Å². The van der Waals surface area contributed by atoms with Crippen molar-refractivity contribution in [1.82, 2.24) is 20.0 Å². The fourth-order valence-corrected chi connectivity index (χ4v) is 2.45. The van der Waals surface area contributed by atoms with Crippen molar-refractivity contribution in [1.29, 1.82) is 0 Å². The summed E-state index contributed by atoms with van der Waals surface area (Å²) in [7, 11) is 0.